The minimum atomic E-state index is -3.67. The summed E-state index contributed by atoms with van der Waals surface area (Å²) >= 11 is 0. The van der Waals surface area contributed by atoms with Gasteiger partial charge in [0.05, 0.1) is 30.3 Å². The van der Waals surface area contributed by atoms with Gasteiger partial charge in [0.2, 0.25) is 15.9 Å². The van der Waals surface area contributed by atoms with Gasteiger partial charge < -0.3 is 14.8 Å². The number of morpholine rings is 1. The van der Waals surface area contributed by atoms with Crippen LogP contribution in [0.25, 0.3) is 0 Å². The van der Waals surface area contributed by atoms with Crippen LogP contribution in [0.4, 0.5) is 0 Å². The van der Waals surface area contributed by atoms with Gasteiger partial charge in [0.1, 0.15) is 0 Å². The molecule has 3 rings (SSSR count). The Morgan fingerprint density at radius 2 is 1.75 bits per heavy atom. The minimum absolute atomic E-state index is 0.00261. The summed E-state index contributed by atoms with van der Waals surface area (Å²) in [4.78, 5) is 26.7. The predicted molar refractivity (Wildman–Crippen MR) is 119 cm³/mol. The van der Waals surface area contributed by atoms with Gasteiger partial charge in [0, 0.05) is 38.6 Å². The lowest BCUT2D eigenvalue weighted by molar-refractivity contribution is -0.126. The SMILES string of the molecule is CCOC(=O)c1ccc(S(=O)(=O)N2CCC(C(=O)NCCCN3CCOCC3)CC2)cc1. The van der Waals surface area contributed by atoms with Crippen molar-refractivity contribution >= 4 is 21.9 Å². The zero-order chi connectivity index (χ0) is 23.0. The number of amides is 1. The maximum absolute atomic E-state index is 12.9. The Morgan fingerprint density at radius 1 is 1.09 bits per heavy atom. The molecule has 2 aliphatic heterocycles. The van der Waals surface area contributed by atoms with Crippen molar-refractivity contribution in [1.29, 1.82) is 0 Å². The molecule has 2 aliphatic rings. The first kappa shape index (κ1) is 24.6. The lowest BCUT2D eigenvalue weighted by atomic mass is 9.97. The van der Waals surface area contributed by atoms with Crippen molar-refractivity contribution < 1.29 is 27.5 Å². The Morgan fingerprint density at radius 3 is 2.38 bits per heavy atom. The van der Waals surface area contributed by atoms with Gasteiger partial charge in [-0.15, -0.1) is 0 Å². The lowest BCUT2D eigenvalue weighted by Crippen LogP contribution is -2.43. The highest BCUT2D eigenvalue weighted by atomic mass is 32.2. The van der Waals surface area contributed by atoms with Gasteiger partial charge in [-0.25, -0.2) is 13.2 Å². The van der Waals surface area contributed by atoms with Gasteiger partial charge in [0.25, 0.3) is 0 Å². The summed E-state index contributed by atoms with van der Waals surface area (Å²) in [5.74, 6) is -0.646. The maximum atomic E-state index is 12.9. The van der Waals surface area contributed by atoms with Crippen LogP contribution in [0, 0.1) is 5.92 Å². The summed E-state index contributed by atoms with van der Waals surface area (Å²) in [6.45, 7) is 7.55. The fourth-order valence-corrected chi connectivity index (χ4v) is 5.44. The molecule has 178 valence electrons. The van der Waals surface area contributed by atoms with E-state index in [-0.39, 0.29) is 23.3 Å². The third kappa shape index (κ3) is 6.50. The fraction of sp³-hybridized carbons (Fsp3) is 0.636. The second-order valence-corrected chi connectivity index (χ2v) is 9.96. The van der Waals surface area contributed by atoms with E-state index in [1.165, 1.54) is 28.6 Å². The van der Waals surface area contributed by atoms with E-state index in [0.29, 0.717) is 38.0 Å². The molecule has 1 aromatic rings. The van der Waals surface area contributed by atoms with Crippen molar-refractivity contribution in [2.75, 3.05) is 59.1 Å². The highest BCUT2D eigenvalue weighted by Gasteiger charge is 2.32. The van der Waals surface area contributed by atoms with Crippen molar-refractivity contribution in [3.8, 4) is 0 Å². The monoisotopic (exact) mass is 467 g/mol. The molecule has 0 aliphatic carbocycles. The molecule has 2 fully saturated rings. The molecular formula is C22H33N3O6S. The van der Waals surface area contributed by atoms with Crippen molar-refractivity contribution in [1.82, 2.24) is 14.5 Å². The number of hydrogen-bond acceptors (Lipinski definition) is 7. The molecule has 2 heterocycles. The van der Waals surface area contributed by atoms with Crippen LogP contribution in [0.5, 0.6) is 0 Å². The van der Waals surface area contributed by atoms with Crippen LogP contribution < -0.4 is 5.32 Å². The van der Waals surface area contributed by atoms with Crippen LogP contribution in [0.1, 0.15) is 36.5 Å². The third-order valence-electron chi connectivity index (χ3n) is 5.88. The van der Waals surface area contributed by atoms with E-state index in [2.05, 4.69) is 10.2 Å². The summed E-state index contributed by atoms with van der Waals surface area (Å²) < 4.78 is 37.5. The molecule has 1 amide bonds. The molecule has 1 aromatic carbocycles. The van der Waals surface area contributed by atoms with E-state index >= 15 is 0 Å². The highest BCUT2D eigenvalue weighted by Crippen LogP contribution is 2.24. The van der Waals surface area contributed by atoms with Gasteiger partial charge in [-0.05, 0) is 57.0 Å². The van der Waals surface area contributed by atoms with Gasteiger partial charge >= 0.3 is 5.97 Å². The first-order valence-electron chi connectivity index (χ1n) is 11.3. The van der Waals surface area contributed by atoms with Crippen LogP contribution >= 0.6 is 0 Å². The third-order valence-corrected chi connectivity index (χ3v) is 7.79. The topological polar surface area (TPSA) is 105 Å². The van der Waals surface area contributed by atoms with E-state index in [4.69, 9.17) is 9.47 Å². The Balaban J connectivity index is 1.43. The molecule has 0 unspecified atom stereocenters. The number of ether oxygens (including phenoxy) is 2. The van der Waals surface area contributed by atoms with Gasteiger partial charge in [-0.3, -0.25) is 9.69 Å². The first-order valence-corrected chi connectivity index (χ1v) is 12.7. The lowest BCUT2D eigenvalue weighted by Gasteiger charge is -2.30. The Kier molecular flexibility index (Phi) is 9.03. The number of nitrogens with zero attached hydrogens (tertiary/aromatic N) is 2. The second-order valence-electron chi connectivity index (χ2n) is 8.02. The Bertz CT molecular complexity index is 860. The molecular weight excluding hydrogens is 434 g/mol. The van der Waals surface area contributed by atoms with Crippen LogP contribution in [0.15, 0.2) is 29.2 Å². The summed E-state index contributed by atoms with van der Waals surface area (Å²) in [5, 5.41) is 3.00. The van der Waals surface area contributed by atoms with E-state index in [0.717, 1.165) is 39.3 Å². The molecule has 32 heavy (non-hydrogen) atoms. The smallest absolute Gasteiger partial charge is 0.338 e. The van der Waals surface area contributed by atoms with Crippen molar-refractivity contribution in [3.05, 3.63) is 29.8 Å². The maximum Gasteiger partial charge on any atom is 0.338 e. The molecule has 10 heteroatoms. The number of sulfonamides is 1. The van der Waals surface area contributed by atoms with Crippen LogP contribution in [0.2, 0.25) is 0 Å². The van der Waals surface area contributed by atoms with Gasteiger partial charge in [0.15, 0.2) is 0 Å². The summed E-state index contributed by atoms with van der Waals surface area (Å²) in [6.07, 6.45) is 1.88. The van der Waals surface area contributed by atoms with Crippen LogP contribution in [-0.4, -0.2) is 88.6 Å². The molecule has 0 atom stereocenters. The molecule has 0 radical (unpaired) electrons. The highest BCUT2D eigenvalue weighted by molar-refractivity contribution is 7.89. The number of benzene rings is 1. The van der Waals surface area contributed by atoms with Crippen LogP contribution in [0.3, 0.4) is 0 Å². The fourth-order valence-electron chi connectivity index (χ4n) is 3.97. The van der Waals surface area contributed by atoms with Crippen LogP contribution in [-0.2, 0) is 24.3 Å². The zero-order valence-corrected chi connectivity index (χ0v) is 19.4. The normalized spacial score (nSPS) is 18.9. The van der Waals surface area contributed by atoms with E-state index in [1.54, 1.807) is 6.92 Å². The number of piperidine rings is 1. The molecule has 9 nitrogen and oxygen atoms in total. The Labute approximate surface area is 190 Å². The molecule has 0 spiro atoms. The summed E-state index contributed by atoms with van der Waals surface area (Å²) in [6, 6.07) is 5.77. The second kappa shape index (κ2) is 11.7. The van der Waals surface area contributed by atoms with Gasteiger partial charge in [-0.2, -0.15) is 4.31 Å². The number of esters is 1. The molecule has 0 saturated carbocycles. The number of carbonyl (C=O) groups excluding carboxylic acids is 2. The first-order chi connectivity index (χ1) is 15.4. The zero-order valence-electron chi connectivity index (χ0n) is 18.6. The Hall–Kier alpha value is -2.01. The molecule has 0 bridgehead atoms. The van der Waals surface area contributed by atoms with Crippen molar-refractivity contribution in [3.63, 3.8) is 0 Å². The average Bonchev–Trinajstić information content (AvgIpc) is 2.82. The number of rotatable bonds is 9. The average molecular weight is 468 g/mol. The quantitative estimate of drug-likeness (QED) is 0.428. The standard InChI is InChI=1S/C22H33N3O6S/c1-2-31-22(27)19-4-6-20(7-5-19)32(28,29)25-12-8-18(9-13-25)21(26)23-10-3-11-24-14-16-30-17-15-24/h4-7,18H,2-3,8-17H2,1H3,(H,23,26). The molecule has 1 N–H and O–H groups in total. The number of carbonyl (C=O) groups is 2. The molecule has 0 aromatic heterocycles. The van der Waals surface area contributed by atoms with Crippen molar-refractivity contribution in [2.45, 2.75) is 31.1 Å². The largest absolute Gasteiger partial charge is 0.462 e. The van der Waals surface area contributed by atoms with E-state index in [9.17, 15) is 18.0 Å². The number of hydrogen-bond donors (Lipinski definition) is 1. The van der Waals surface area contributed by atoms with E-state index in [1.807, 2.05) is 0 Å². The summed E-state index contributed by atoms with van der Waals surface area (Å²) in [5.41, 5.74) is 0.315. The number of nitrogens with one attached hydrogen (secondary N) is 1. The van der Waals surface area contributed by atoms with Gasteiger partial charge in [-0.1, -0.05) is 0 Å². The predicted octanol–water partition coefficient (Wildman–Crippen LogP) is 1.10. The molecule has 2 saturated heterocycles. The minimum Gasteiger partial charge on any atom is -0.462 e. The summed E-state index contributed by atoms with van der Waals surface area (Å²) in [7, 11) is -3.67. The van der Waals surface area contributed by atoms with E-state index < -0.39 is 16.0 Å². The van der Waals surface area contributed by atoms with Crippen molar-refractivity contribution in [2.24, 2.45) is 5.92 Å².